The van der Waals surface area contributed by atoms with Crippen LogP contribution in [0.5, 0.6) is 0 Å². The summed E-state index contributed by atoms with van der Waals surface area (Å²) in [5.74, 6) is -0.160. The van der Waals surface area contributed by atoms with Crippen LogP contribution in [0.3, 0.4) is 0 Å². The molecule has 5 nitrogen and oxygen atoms in total. The first kappa shape index (κ1) is 15.0. The molecule has 0 spiro atoms. The number of nitrogens with one attached hydrogen (secondary N) is 1. The number of ether oxygens (including phenoxy) is 1. The molecule has 0 saturated heterocycles. The van der Waals surface area contributed by atoms with E-state index in [0.29, 0.717) is 30.6 Å². The van der Waals surface area contributed by atoms with Crippen LogP contribution >= 0.6 is 0 Å². The zero-order valence-electron chi connectivity index (χ0n) is 11.4. The van der Waals surface area contributed by atoms with Crippen LogP contribution in [-0.2, 0) is 20.5 Å². The van der Waals surface area contributed by atoms with E-state index in [0.717, 1.165) is 0 Å². The second-order valence-corrected chi connectivity index (χ2v) is 6.65. The summed E-state index contributed by atoms with van der Waals surface area (Å²) in [4.78, 5) is 0. The van der Waals surface area contributed by atoms with Gasteiger partial charge in [-0.2, -0.15) is 5.26 Å². The molecule has 0 heterocycles. The molecule has 0 unspecified atom stereocenters. The van der Waals surface area contributed by atoms with Crippen LogP contribution in [-0.4, -0.2) is 27.2 Å². The minimum Gasteiger partial charge on any atom is -0.378 e. The lowest BCUT2D eigenvalue weighted by molar-refractivity contribution is -0.00476. The molecule has 0 bridgehead atoms. The Balaban J connectivity index is 1.94. The molecular weight excluding hydrogens is 276 g/mol. The maximum Gasteiger partial charge on any atom is 0.216 e. The number of nitriles is 1. The number of nitrogens with zero attached hydrogens (tertiary/aromatic N) is 1. The van der Waals surface area contributed by atoms with Gasteiger partial charge in [0.05, 0.1) is 23.5 Å². The summed E-state index contributed by atoms with van der Waals surface area (Å²) >= 11 is 0. The summed E-state index contributed by atoms with van der Waals surface area (Å²) in [6.07, 6.45) is 1.60. The largest absolute Gasteiger partial charge is 0.378 e. The van der Waals surface area contributed by atoms with E-state index < -0.39 is 10.0 Å². The summed E-state index contributed by atoms with van der Waals surface area (Å²) in [5, 5.41) is 8.97. The quantitative estimate of drug-likeness (QED) is 0.863. The van der Waals surface area contributed by atoms with Gasteiger partial charge < -0.3 is 4.74 Å². The van der Waals surface area contributed by atoms with Gasteiger partial charge in [-0.3, -0.25) is 0 Å². The fourth-order valence-electron chi connectivity index (χ4n) is 2.29. The number of hydrogen-bond acceptors (Lipinski definition) is 4. The Morgan fingerprint density at radius 3 is 2.75 bits per heavy atom. The first-order valence-corrected chi connectivity index (χ1v) is 8.29. The third-order valence-corrected chi connectivity index (χ3v) is 4.71. The summed E-state index contributed by atoms with van der Waals surface area (Å²) < 4.78 is 32.2. The van der Waals surface area contributed by atoms with Gasteiger partial charge in [0, 0.05) is 12.6 Å². The molecule has 1 aliphatic rings. The van der Waals surface area contributed by atoms with E-state index in [4.69, 9.17) is 10.00 Å². The van der Waals surface area contributed by atoms with Crippen molar-refractivity contribution in [3.05, 3.63) is 35.4 Å². The van der Waals surface area contributed by atoms with E-state index >= 15 is 0 Å². The molecule has 1 aliphatic carbocycles. The van der Waals surface area contributed by atoms with Gasteiger partial charge in [0.2, 0.25) is 10.0 Å². The lowest BCUT2D eigenvalue weighted by Gasteiger charge is -2.35. The Kier molecular flexibility index (Phi) is 4.76. The number of sulfonamides is 1. The maximum absolute atomic E-state index is 12.1. The van der Waals surface area contributed by atoms with E-state index in [9.17, 15) is 8.42 Å². The van der Waals surface area contributed by atoms with Gasteiger partial charge in [-0.05, 0) is 31.4 Å². The summed E-state index contributed by atoms with van der Waals surface area (Å²) in [5.41, 5.74) is 0.932. The van der Waals surface area contributed by atoms with Gasteiger partial charge in [0.25, 0.3) is 0 Å². The molecule has 0 aromatic heterocycles. The molecule has 1 aromatic rings. The molecule has 108 valence electrons. The first-order valence-electron chi connectivity index (χ1n) is 6.63. The van der Waals surface area contributed by atoms with Crippen molar-refractivity contribution in [2.45, 2.75) is 37.7 Å². The summed E-state index contributed by atoms with van der Waals surface area (Å²) in [6, 6.07) is 8.71. The predicted octanol–water partition coefficient (Wildman–Crippen LogP) is 1.55. The topological polar surface area (TPSA) is 79.2 Å². The Morgan fingerprint density at radius 1 is 1.40 bits per heavy atom. The Hall–Kier alpha value is -1.42. The number of hydrogen-bond donors (Lipinski definition) is 1. The zero-order valence-corrected chi connectivity index (χ0v) is 12.2. The van der Waals surface area contributed by atoms with E-state index in [2.05, 4.69) is 4.72 Å². The molecule has 1 aromatic carbocycles. The van der Waals surface area contributed by atoms with Gasteiger partial charge in [0.1, 0.15) is 0 Å². The SMILES string of the molecule is CCOC1CC(NS(=O)(=O)Cc2ccccc2C#N)C1. The second kappa shape index (κ2) is 6.35. The minimum atomic E-state index is -3.42. The predicted molar refractivity (Wildman–Crippen MR) is 75.4 cm³/mol. The normalized spacial score (nSPS) is 22.0. The van der Waals surface area contributed by atoms with Crippen molar-refractivity contribution in [2.75, 3.05) is 6.61 Å². The molecule has 0 radical (unpaired) electrons. The molecule has 6 heteroatoms. The van der Waals surface area contributed by atoms with Crippen LogP contribution in [0.2, 0.25) is 0 Å². The molecule has 0 atom stereocenters. The summed E-state index contributed by atoms with van der Waals surface area (Å²) in [6.45, 7) is 2.58. The average molecular weight is 294 g/mol. The third-order valence-electron chi connectivity index (χ3n) is 3.33. The van der Waals surface area contributed by atoms with Crippen LogP contribution in [0, 0.1) is 11.3 Å². The highest BCUT2D eigenvalue weighted by Crippen LogP contribution is 2.24. The minimum absolute atomic E-state index is 0.0502. The standard InChI is InChI=1S/C14H18N2O3S/c1-2-19-14-7-13(8-14)16-20(17,18)10-12-6-4-3-5-11(12)9-15/h3-6,13-14,16H,2,7-8,10H2,1H3. The van der Waals surface area contributed by atoms with E-state index in [1.54, 1.807) is 24.3 Å². The second-order valence-electron chi connectivity index (χ2n) is 4.89. The lowest BCUT2D eigenvalue weighted by atomic mass is 9.90. The molecule has 1 saturated carbocycles. The monoisotopic (exact) mass is 294 g/mol. The van der Waals surface area contributed by atoms with Crippen LogP contribution in [0.25, 0.3) is 0 Å². The average Bonchev–Trinajstić information content (AvgIpc) is 2.36. The Morgan fingerprint density at radius 2 is 2.10 bits per heavy atom. The number of benzene rings is 1. The van der Waals surface area contributed by atoms with Crippen LogP contribution < -0.4 is 4.72 Å². The molecule has 20 heavy (non-hydrogen) atoms. The Bertz CT molecular complexity index is 601. The van der Waals surface area contributed by atoms with E-state index in [1.807, 2.05) is 13.0 Å². The Labute approximate surface area is 119 Å². The molecule has 0 aliphatic heterocycles. The molecule has 2 rings (SSSR count). The third kappa shape index (κ3) is 3.79. The van der Waals surface area contributed by atoms with Gasteiger partial charge in [0.15, 0.2) is 0 Å². The molecule has 0 amide bonds. The van der Waals surface area contributed by atoms with Gasteiger partial charge in [-0.25, -0.2) is 13.1 Å². The van der Waals surface area contributed by atoms with Crippen molar-refractivity contribution in [2.24, 2.45) is 0 Å². The number of rotatable bonds is 6. The lowest BCUT2D eigenvalue weighted by Crippen LogP contribution is -2.48. The van der Waals surface area contributed by atoms with Crippen molar-refractivity contribution in [3.63, 3.8) is 0 Å². The van der Waals surface area contributed by atoms with Crippen LogP contribution in [0.1, 0.15) is 30.9 Å². The van der Waals surface area contributed by atoms with Crippen LogP contribution in [0.15, 0.2) is 24.3 Å². The van der Waals surface area contributed by atoms with Gasteiger partial charge >= 0.3 is 0 Å². The molecule has 1 fully saturated rings. The smallest absolute Gasteiger partial charge is 0.216 e. The van der Waals surface area contributed by atoms with E-state index in [1.165, 1.54) is 0 Å². The van der Waals surface area contributed by atoms with Crippen LogP contribution in [0.4, 0.5) is 0 Å². The fourth-order valence-corrected chi connectivity index (χ4v) is 3.73. The highest BCUT2D eigenvalue weighted by molar-refractivity contribution is 7.88. The van der Waals surface area contributed by atoms with Crippen molar-refractivity contribution in [1.82, 2.24) is 4.72 Å². The van der Waals surface area contributed by atoms with Crippen molar-refractivity contribution in [1.29, 1.82) is 5.26 Å². The fraction of sp³-hybridized carbons (Fsp3) is 0.500. The van der Waals surface area contributed by atoms with Gasteiger partial charge in [-0.1, -0.05) is 18.2 Å². The van der Waals surface area contributed by atoms with Crippen molar-refractivity contribution >= 4 is 10.0 Å². The zero-order chi connectivity index (χ0) is 14.6. The van der Waals surface area contributed by atoms with E-state index in [-0.39, 0.29) is 17.9 Å². The first-order chi connectivity index (χ1) is 9.54. The van der Waals surface area contributed by atoms with Crippen molar-refractivity contribution in [3.8, 4) is 6.07 Å². The summed E-state index contributed by atoms with van der Waals surface area (Å²) in [7, 11) is -3.42. The highest BCUT2D eigenvalue weighted by Gasteiger charge is 2.32. The maximum atomic E-state index is 12.1. The van der Waals surface area contributed by atoms with Gasteiger partial charge in [-0.15, -0.1) is 0 Å². The molecule has 1 N–H and O–H groups in total. The van der Waals surface area contributed by atoms with Crippen molar-refractivity contribution < 1.29 is 13.2 Å². The highest BCUT2D eigenvalue weighted by atomic mass is 32.2. The molecular formula is C14H18N2O3S.